The topological polar surface area (TPSA) is 104 Å². The summed E-state index contributed by atoms with van der Waals surface area (Å²) in [7, 11) is -3.33. The van der Waals surface area contributed by atoms with Crippen molar-refractivity contribution in [2.24, 2.45) is 0 Å². The minimum absolute atomic E-state index is 0.0236. The first-order valence-corrected chi connectivity index (χ1v) is 10.7. The number of esters is 1. The summed E-state index contributed by atoms with van der Waals surface area (Å²) in [4.78, 5) is 25.5. The molecular formula is C19H21NO6S. The first-order chi connectivity index (χ1) is 12.9. The lowest BCUT2D eigenvalue weighted by molar-refractivity contribution is 0.0512. The highest BCUT2D eigenvalue weighted by molar-refractivity contribution is 7.90. The molecule has 1 aliphatic rings. The van der Waals surface area contributed by atoms with Crippen molar-refractivity contribution in [3.63, 3.8) is 0 Å². The Morgan fingerprint density at radius 3 is 2.56 bits per heavy atom. The van der Waals surface area contributed by atoms with Gasteiger partial charge < -0.3 is 9.26 Å². The van der Waals surface area contributed by atoms with Gasteiger partial charge in [-0.1, -0.05) is 36.3 Å². The van der Waals surface area contributed by atoms with Crippen LogP contribution in [-0.2, 0) is 20.3 Å². The SMILES string of the molecule is CCOC(=O)c1noc(C2CC2)c1C(=O)c1ccccc1CS(=O)(=O)CC. The predicted molar refractivity (Wildman–Crippen MR) is 97.5 cm³/mol. The molecule has 1 aliphatic carbocycles. The Bertz CT molecular complexity index is 972. The summed E-state index contributed by atoms with van der Waals surface area (Å²) in [5.41, 5.74) is 0.543. The Morgan fingerprint density at radius 2 is 1.93 bits per heavy atom. The van der Waals surface area contributed by atoms with Gasteiger partial charge in [0.2, 0.25) is 5.69 Å². The van der Waals surface area contributed by atoms with Gasteiger partial charge in [-0.25, -0.2) is 13.2 Å². The number of ether oxygens (including phenoxy) is 1. The molecule has 0 N–H and O–H groups in total. The second kappa shape index (κ2) is 7.64. The highest BCUT2D eigenvalue weighted by Gasteiger charge is 2.38. The second-order valence-electron chi connectivity index (χ2n) is 6.43. The minimum Gasteiger partial charge on any atom is -0.461 e. The largest absolute Gasteiger partial charge is 0.461 e. The monoisotopic (exact) mass is 391 g/mol. The Labute approximate surface area is 157 Å². The predicted octanol–water partition coefficient (Wildman–Crippen LogP) is 2.89. The highest BCUT2D eigenvalue weighted by atomic mass is 32.2. The van der Waals surface area contributed by atoms with Gasteiger partial charge >= 0.3 is 5.97 Å². The van der Waals surface area contributed by atoms with E-state index in [0.717, 1.165) is 12.8 Å². The van der Waals surface area contributed by atoms with Crippen molar-refractivity contribution in [2.75, 3.05) is 12.4 Å². The summed E-state index contributed by atoms with van der Waals surface area (Å²) in [6, 6.07) is 6.50. The number of aromatic nitrogens is 1. The van der Waals surface area contributed by atoms with Crippen molar-refractivity contribution in [2.45, 2.75) is 38.4 Å². The lowest BCUT2D eigenvalue weighted by Gasteiger charge is -2.09. The van der Waals surface area contributed by atoms with E-state index in [2.05, 4.69) is 5.16 Å². The summed E-state index contributed by atoms with van der Waals surface area (Å²) < 4.78 is 34.4. The average molecular weight is 391 g/mol. The summed E-state index contributed by atoms with van der Waals surface area (Å²) in [5.74, 6) is -1.05. The third-order valence-corrected chi connectivity index (χ3v) is 6.07. The van der Waals surface area contributed by atoms with Crippen LogP contribution < -0.4 is 0 Å². The molecule has 0 aliphatic heterocycles. The molecule has 0 atom stereocenters. The number of ketones is 1. The smallest absolute Gasteiger partial charge is 0.361 e. The van der Waals surface area contributed by atoms with Crippen LogP contribution in [0.5, 0.6) is 0 Å². The van der Waals surface area contributed by atoms with Crippen molar-refractivity contribution in [1.82, 2.24) is 5.16 Å². The fourth-order valence-electron chi connectivity index (χ4n) is 2.83. The van der Waals surface area contributed by atoms with E-state index in [1.165, 1.54) is 0 Å². The van der Waals surface area contributed by atoms with Gasteiger partial charge in [0.25, 0.3) is 0 Å². The Kier molecular flexibility index (Phi) is 5.46. The van der Waals surface area contributed by atoms with Crippen molar-refractivity contribution < 1.29 is 27.3 Å². The van der Waals surface area contributed by atoms with Crippen LogP contribution in [0.1, 0.15) is 70.3 Å². The van der Waals surface area contributed by atoms with Crippen LogP contribution in [0, 0.1) is 0 Å². The standard InChI is InChI=1S/C19H21NO6S/c1-3-25-19(22)16-15(18(26-20-16)12-9-10-12)17(21)14-8-6-5-7-13(14)11-27(23,24)4-2/h5-8,12H,3-4,9-11H2,1-2H3. The molecular weight excluding hydrogens is 370 g/mol. The summed E-state index contributed by atoms with van der Waals surface area (Å²) in [6.45, 7) is 3.36. The normalized spacial score (nSPS) is 14.1. The molecule has 144 valence electrons. The zero-order valence-electron chi connectivity index (χ0n) is 15.2. The van der Waals surface area contributed by atoms with E-state index in [9.17, 15) is 18.0 Å². The zero-order valence-corrected chi connectivity index (χ0v) is 16.0. The molecule has 1 aromatic carbocycles. The van der Waals surface area contributed by atoms with Gasteiger partial charge in [-0.05, 0) is 25.3 Å². The Balaban J connectivity index is 2.07. The molecule has 1 saturated carbocycles. The molecule has 0 unspecified atom stereocenters. The number of hydrogen-bond donors (Lipinski definition) is 0. The van der Waals surface area contributed by atoms with Crippen LogP contribution in [0.2, 0.25) is 0 Å². The molecule has 1 heterocycles. The van der Waals surface area contributed by atoms with E-state index in [0.29, 0.717) is 11.3 Å². The van der Waals surface area contributed by atoms with Gasteiger partial charge in [0, 0.05) is 17.2 Å². The maximum atomic E-state index is 13.3. The van der Waals surface area contributed by atoms with Crippen LogP contribution >= 0.6 is 0 Å². The fourth-order valence-corrected chi connectivity index (χ4v) is 3.76. The van der Waals surface area contributed by atoms with Gasteiger partial charge in [0.05, 0.1) is 12.4 Å². The van der Waals surface area contributed by atoms with Crippen molar-refractivity contribution >= 4 is 21.6 Å². The molecule has 0 radical (unpaired) electrons. The van der Waals surface area contributed by atoms with E-state index in [-0.39, 0.29) is 40.9 Å². The zero-order chi connectivity index (χ0) is 19.6. The fraction of sp³-hybridized carbons (Fsp3) is 0.421. The first-order valence-electron chi connectivity index (χ1n) is 8.87. The van der Waals surface area contributed by atoms with E-state index in [1.807, 2.05) is 0 Å². The number of carbonyl (C=O) groups is 2. The number of nitrogens with zero attached hydrogens (tertiary/aromatic N) is 1. The number of benzene rings is 1. The molecule has 8 heteroatoms. The van der Waals surface area contributed by atoms with Crippen molar-refractivity contribution in [1.29, 1.82) is 0 Å². The van der Waals surface area contributed by atoms with E-state index >= 15 is 0 Å². The van der Waals surface area contributed by atoms with Crippen LogP contribution in [0.25, 0.3) is 0 Å². The molecule has 0 spiro atoms. The summed E-state index contributed by atoms with van der Waals surface area (Å²) >= 11 is 0. The number of sulfone groups is 1. The number of rotatable bonds is 8. The molecule has 3 rings (SSSR count). The molecule has 2 aromatic rings. The summed E-state index contributed by atoms with van der Waals surface area (Å²) in [6.07, 6.45) is 1.70. The molecule has 7 nitrogen and oxygen atoms in total. The number of carbonyl (C=O) groups excluding carboxylic acids is 2. The van der Waals surface area contributed by atoms with Gasteiger partial charge in [-0.2, -0.15) is 0 Å². The number of hydrogen-bond acceptors (Lipinski definition) is 7. The van der Waals surface area contributed by atoms with Crippen LogP contribution in [0.15, 0.2) is 28.8 Å². The van der Waals surface area contributed by atoms with Crippen LogP contribution in [0.4, 0.5) is 0 Å². The van der Waals surface area contributed by atoms with E-state index in [1.54, 1.807) is 38.1 Å². The maximum Gasteiger partial charge on any atom is 0.361 e. The van der Waals surface area contributed by atoms with Gasteiger partial charge in [-0.3, -0.25) is 4.79 Å². The Hall–Kier alpha value is -2.48. The van der Waals surface area contributed by atoms with E-state index in [4.69, 9.17) is 9.26 Å². The molecule has 1 aromatic heterocycles. The van der Waals surface area contributed by atoms with Gasteiger partial charge in [0.1, 0.15) is 5.56 Å². The lowest BCUT2D eigenvalue weighted by Crippen LogP contribution is -2.16. The lowest BCUT2D eigenvalue weighted by atomic mass is 9.96. The molecule has 0 amide bonds. The maximum absolute atomic E-state index is 13.3. The van der Waals surface area contributed by atoms with E-state index < -0.39 is 21.6 Å². The van der Waals surface area contributed by atoms with Crippen LogP contribution in [-0.4, -0.2) is 37.7 Å². The highest BCUT2D eigenvalue weighted by Crippen LogP contribution is 2.43. The first kappa shape index (κ1) is 19.3. The van der Waals surface area contributed by atoms with Gasteiger partial charge in [0.15, 0.2) is 21.4 Å². The third-order valence-electron chi connectivity index (χ3n) is 4.44. The Morgan fingerprint density at radius 1 is 1.22 bits per heavy atom. The molecule has 27 heavy (non-hydrogen) atoms. The third kappa shape index (κ3) is 4.10. The minimum atomic E-state index is -3.33. The average Bonchev–Trinajstić information content (AvgIpc) is 3.39. The second-order valence-corrected chi connectivity index (χ2v) is 8.78. The summed E-state index contributed by atoms with van der Waals surface area (Å²) in [5, 5.41) is 3.77. The van der Waals surface area contributed by atoms with Crippen molar-refractivity contribution in [3.8, 4) is 0 Å². The molecule has 0 saturated heterocycles. The van der Waals surface area contributed by atoms with Crippen molar-refractivity contribution in [3.05, 3.63) is 52.4 Å². The quantitative estimate of drug-likeness (QED) is 0.503. The van der Waals surface area contributed by atoms with Gasteiger partial charge in [-0.15, -0.1) is 0 Å². The van der Waals surface area contributed by atoms with Crippen LogP contribution in [0.3, 0.4) is 0 Å². The molecule has 1 fully saturated rings. The molecule has 0 bridgehead atoms.